The molecule has 0 N–H and O–H groups in total. The van der Waals surface area contributed by atoms with Crippen molar-refractivity contribution in [3.63, 3.8) is 0 Å². The van der Waals surface area contributed by atoms with Crippen LogP contribution >= 0.6 is 0 Å². The molecule has 0 heterocycles. The van der Waals surface area contributed by atoms with Gasteiger partial charge in [-0.3, -0.25) is 0 Å². The molecule has 0 amide bonds. The first-order valence-electron chi connectivity index (χ1n) is 10.5. The van der Waals surface area contributed by atoms with Crippen LogP contribution in [0.4, 0.5) is 0 Å². The van der Waals surface area contributed by atoms with Crippen LogP contribution in [0.25, 0.3) is 0 Å². The van der Waals surface area contributed by atoms with Crippen LogP contribution in [-0.2, 0) is 21.0 Å². The minimum atomic E-state index is -4.25. The summed E-state index contributed by atoms with van der Waals surface area (Å²) in [7, 11) is 0.582. The van der Waals surface area contributed by atoms with Crippen LogP contribution < -0.4 is 14.2 Å². The van der Waals surface area contributed by atoms with Crippen molar-refractivity contribution in [2.24, 2.45) is 0 Å². The number of ether oxygens (including phenoxy) is 3. The predicted molar refractivity (Wildman–Crippen MR) is 136 cm³/mol. The van der Waals surface area contributed by atoms with Gasteiger partial charge in [-0.05, 0) is 84.9 Å². The van der Waals surface area contributed by atoms with E-state index in [0.29, 0.717) is 0 Å². The molecule has 6 nitrogen and oxygen atoms in total. The molecule has 0 spiro atoms. The summed E-state index contributed by atoms with van der Waals surface area (Å²) in [6.07, 6.45) is 0. The molecule has 0 aromatic heterocycles. The number of benzene rings is 4. The SMILES string of the molecule is COc1ccc([S+](c2ccc(OC)cc2)c2ccc(OC)cc2)cc1.O=S(=O)([O-])c1ccccc1. The first-order valence-corrected chi connectivity index (χ1v) is 13.2. The van der Waals surface area contributed by atoms with Crippen LogP contribution in [0.5, 0.6) is 17.2 Å². The fourth-order valence-corrected chi connectivity index (χ4v) is 5.66. The molecular formula is C27H26O6S2. The summed E-state index contributed by atoms with van der Waals surface area (Å²) < 4.78 is 46.7. The Kier molecular flexibility index (Phi) is 9.19. The zero-order valence-electron chi connectivity index (χ0n) is 19.6. The summed E-state index contributed by atoms with van der Waals surface area (Å²) >= 11 is 0. The molecule has 0 radical (unpaired) electrons. The van der Waals surface area contributed by atoms with Crippen molar-refractivity contribution in [1.82, 2.24) is 0 Å². The van der Waals surface area contributed by atoms with Gasteiger partial charge in [0.15, 0.2) is 14.7 Å². The van der Waals surface area contributed by atoms with Gasteiger partial charge in [0.25, 0.3) is 0 Å². The lowest BCUT2D eigenvalue weighted by Crippen LogP contribution is -2.05. The van der Waals surface area contributed by atoms with Crippen LogP contribution in [0, 0.1) is 0 Å². The lowest BCUT2D eigenvalue weighted by molar-refractivity contribution is 0.414. The third-order valence-electron chi connectivity index (χ3n) is 4.92. The van der Waals surface area contributed by atoms with Crippen LogP contribution in [0.3, 0.4) is 0 Å². The zero-order chi connectivity index (χ0) is 25.3. The molecule has 4 rings (SSSR count). The molecule has 35 heavy (non-hydrogen) atoms. The minimum absolute atomic E-state index is 0.185. The Morgan fingerprint density at radius 3 is 1.09 bits per heavy atom. The normalized spacial score (nSPS) is 10.8. The van der Waals surface area contributed by atoms with Gasteiger partial charge < -0.3 is 18.8 Å². The van der Waals surface area contributed by atoms with E-state index in [9.17, 15) is 13.0 Å². The highest BCUT2D eigenvalue weighted by Crippen LogP contribution is 2.33. The maximum Gasteiger partial charge on any atom is 0.166 e. The second-order valence-electron chi connectivity index (χ2n) is 7.10. The van der Waals surface area contributed by atoms with Gasteiger partial charge in [0.2, 0.25) is 0 Å². The summed E-state index contributed by atoms with van der Waals surface area (Å²) in [5, 5.41) is 0. The van der Waals surface area contributed by atoms with Crippen molar-refractivity contribution in [3.8, 4) is 17.2 Å². The summed E-state index contributed by atoms with van der Waals surface area (Å²) in [4.78, 5) is 3.51. The molecule has 4 aromatic rings. The minimum Gasteiger partial charge on any atom is -0.744 e. The van der Waals surface area contributed by atoms with E-state index in [1.807, 2.05) is 36.4 Å². The van der Waals surface area contributed by atoms with Crippen LogP contribution in [0.15, 0.2) is 123 Å². The molecule has 0 saturated heterocycles. The quantitative estimate of drug-likeness (QED) is 0.245. The topological polar surface area (TPSA) is 84.9 Å². The average Bonchev–Trinajstić information content (AvgIpc) is 2.90. The van der Waals surface area contributed by atoms with Gasteiger partial charge in [-0.2, -0.15) is 0 Å². The molecule has 0 atom stereocenters. The van der Waals surface area contributed by atoms with E-state index in [2.05, 4.69) is 36.4 Å². The van der Waals surface area contributed by atoms with Gasteiger partial charge in [0, 0.05) is 0 Å². The molecule has 8 heteroatoms. The first-order chi connectivity index (χ1) is 16.9. The third-order valence-corrected chi connectivity index (χ3v) is 8.00. The van der Waals surface area contributed by atoms with Crippen LogP contribution in [0.2, 0.25) is 0 Å². The summed E-state index contributed by atoms with van der Waals surface area (Å²) in [6, 6.07) is 31.9. The molecule has 0 aliphatic heterocycles. The maximum atomic E-state index is 10.3. The average molecular weight is 511 g/mol. The molecule has 4 aromatic carbocycles. The molecule has 0 saturated carbocycles. The van der Waals surface area contributed by atoms with Crippen molar-refractivity contribution in [1.29, 1.82) is 0 Å². The second kappa shape index (κ2) is 12.3. The van der Waals surface area contributed by atoms with E-state index in [0.717, 1.165) is 17.2 Å². The summed E-state index contributed by atoms with van der Waals surface area (Å²) in [6.45, 7) is 0. The van der Waals surface area contributed by atoms with Crippen molar-refractivity contribution in [3.05, 3.63) is 103 Å². The number of hydrogen-bond acceptors (Lipinski definition) is 6. The van der Waals surface area contributed by atoms with Crippen molar-refractivity contribution in [2.45, 2.75) is 19.6 Å². The molecule has 0 aliphatic carbocycles. The van der Waals surface area contributed by atoms with Crippen molar-refractivity contribution < 1.29 is 27.2 Å². The van der Waals surface area contributed by atoms with E-state index in [1.54, 1.807) is 27.4 Å². The van der Waals surface area contributed by atoms with Gasteiger partial charge in [0.1, 0.15) is 27.4 Å². The first kappa shape index (κ1) is 26.2. The Balaban J connectivity index is 0.000000287. The number of hydrogen-bond donors (Lipinski definition) is 0. The Morgan fingerprint density at radius 1 is 0.543 bits per heavy atom. The lowest BCUT2D eigenvalue weighted by Gasteiger charge is -2.10. The van der Waals surface area contributed by atoms with Gasteiger partial charge in [0.05, 0.1) is 37.1 Å². The highest BCUT2D eigenvalue weighted by atomic mass is 32.2. The Bertz CT molecular complexity index is 1180. The molecule has 0 fully saturated rings. The lowest BCUT2D eigenvalue weighted by atomic mass is 10.3. The fraction of sp³-hybridized carbons (Fsp3) is 0.111. The smallest absolute Gasteiger partial charge is 0.166 e. The Labute approximate surface area is 209 Å². The van der Waals surface area contributed by atoms with Gasteiger partial charge in [-0.1, -0.05) is 18.2 Å². The summed E-state index contributed by atoms with van der Waals surface area (Å²) in [5.41, 5.74) is 0. The second-order valence-corrected chi connectivity index (χ2v) is 10.5. The zero-order valence-corrected chi connectivity index (χ0v) is 21.2. The number of rotatable bonds is 7. The summed E-state index contributed by atoms with van der Waals surface area (Å²) in [5.74, 6) is 2.57. The van der Waals surface area contributed by atoms with E-state index >= 15 is 0 Å². The molecule has 0 unspecified atom stereocenters. The van der Waals surface area contributed by atoms with Gasteiger partial charge in [-0.15, -0.1) is 0 Å². The van der Waals surface area contributed by atoms with E-state index in [4.69, 9.17) is 14.2 Å². The monoisotopic (exact) mass is 510 g/mol. The standard InChI is InChI=1S/C21H21O3S.C6H6O3S/c1-22-16-4-10-19(11-5-16)25(20-12-6-17(23-2)7-13-20)21-14-8-18(24-3)9-15-21;7-10(8,9)6-4-2-1-3-5-6/h4-15H,1-3H3;1-5H,(H,7,8,9)/q+1;/p-1. The van der Waals surface area contributed by atoms with E-state index in [-0.39, 0.29) is 15.8 Å². The highest BCUT2D eigenvalue weighted by Gasteiger charge is 2.28. The Hall–Kier alpha value is -3.46. The van der Waals surface area contributed by atoms with Crippen molar-refractivity contribution in [2.75, 3.05) is 21.3 Å². The van der Waals surface area contributed by atoms with Gasteiger partial charge in [-0.25, -0.2) is 8.42 Å². The highest BCUT2D eigenvalue weighted by molar-refractivity contribution is 7.97. The maximum absolute atomic E-state index is 10.3. The third kappa shape index (κ3) is 7.26. The molecule has 182 valence electrons. The Morgan fingerprint density at radius 2 is 0.857 bits per heavy atom. The predicted octanol–water partition coefficient (Wildman–Crippen LogP) is 5.40. The van der Waals surface area contributed by atoms with E-state index < -0.39 is 10.1 Å². The molecule has 0 bridgehead atoms. The van der Waals surface area contributed by atoms with Crippen LogP contribution in [-0.4, -0.2) is 34.3 Å². The molecular weight excluding hydrogens is 484 g/mol. The largest absolute Gasteiger partial charge is 0.744 e. The molecule has 0 aliphatic rings. The number of methoxy groups -OCH3 is 3. The van der Waals surface area contributed by atoms with E-state index in [1.165, 1.54) is 39.0 Å². The van der Waals surface area contributed by atoms with Crippen LogP contribution in [0.1, 0.15) is 0 Å². The fourth-order valence-electron chi connectivity index (χ4n) is 3.13. The van der Waals surface area contributed by atoms with Gasteiger partial charge >= 0.3 is 0 Å². The van der Waals surface area contributed by atoms with Crippen molar-refractivity contribution >= 4 is 21.0 Å².